The first kappa shape index (κ1) is 13.7. The van der Waals surface area contributed by atoms with Gasteiger partial charge in [0.05, 0.1) is 0 Å². The highest BCUT2D eigenvalue weighted by molar-refractivity contribution is 7.80. The molecule has 3 unspecified atom stereocenters. The molecule has 0 fully saturated rings. The molecule has 13 heavy (non-hydrogen) atoms. The lowest BCUT2D eigenvalue weighted by Gasteiger charge is -2.22. The van der Waals surface area contributed by atoms with Crippen LogP contribution in [-0.4, -0.2) is 11.5 Å². The van der Waals surface area contributed by atoms with E-state index in [0.717, 1.165) is 29.3 Å². The number of hydrogen-bond donors (Lipinski definition) is 2. The highest BCUT2D eigenvalue weighted by Crippen LogP contribution is 2.24. The van der Waals surface area contributed by atoms with E-state index in [9.17, 15) is 0 Å². The second-order valence-electron chi connectivity index (χ2n) is 4.34. The van der Waals surface area contributed by atoms with Crippen molar-refractivity contribution in [2.45, 2.75) is 40.0 Å². The topological polar surface area (TPSA) is 0 Å². The Kier molecular flexibility index (Phi) is 8.48. The van der Waals surface area contributed by atoms with Crippen molar-refractivity contribution in [1.29, 1.82) is 0 Å². The summed E-state index contributed by atoms with van der Waals surface area (Å²) < 4.78 is 0. The molecule has 0 N–H and O–H groups in total. The van der Waals surface area contributed by atoms with Gasteiger partial charge in [-0.05, 0) is 48.5 Å². The molecule has 0 rings (SSSR count). The van der Waals surface area contributed by atoms with Gasteiger partial charge >= 0.3 is 0 Å². The van der Waals surface area contributed by atoms with Gasteiger partial charge in [0.25, 0.3) is 0 Å². The van der Waals surface area contributed by atoms with E-state index in [1.807, 2.05) is 0 Å². The third-order valence-corrected chi connectivity index (χ3v) is 3.81. The van der Waals surface area contributed by atoms with Gasteiger partial charge in [-0.2, -0.15) is 25.3 Å². The first-order chi connectivity index (χ1) is 6.11. The van der Waals surface area contributed by atoms with Gasteiger partial charge in [0, 0.05) is 0 Å². The van der Waals surface area contributed by atoms with E-state index in [-0.39, 0.29) is 0 Å². The molecular formula is C11H24S2. The molecule has 2 heteroatoms. The molecule has 0 aliphatic heterocycles. The fraction of sp³-hybridized carbons (Fsp3) is 1.00. The summed E-state index contributed by atoms with van der Waals surface area (Å²) in [5, 5.41) is 0. The fourth-order valence-corrected chi connectivity index (χ4v) is 1.97. The fourth-order valence-electron chi connectivity index (χ4n) is 1.64. The van der Waals surface area contributed by atoms with Gasteiger partial charge in [-0.25, -0.2) is 0 Å². The zero-order valence-electron chi connectivity index (χ0n) is 9.16. The molecule has 0 aromatic heterocycles. The second kappa shape index (κ2) is 8.05. The third-order valence-electron chi connectivity index (χ3n) is 2.87. The van der Waals surface area contributed by atoms with Crippen LogP contribution in [0.25, 0.3) is 0 Å². The average Bonchev–Trinajstić information content (AvgIpc) is 2.13. The van der Waals surface area contributed by atoms with Crippen molar-refractivity contribution in [3.05, 3.63) is 0 Å². The predicted molar refractivity (Wildman–Crippen MR) is 69.0 cm³/mol. The van der Waals surface area contributed by atoms with Crippen molar-refractivity contribution in [3.63, 3.8) is 0 Å². The van der Waals surface area contributed by atoms with E-state index in [1.54, 1.807) is 0 Å². The van der Waals surface area contributed by atoms with E-state index in [1.165, 1.54) is 19.3 Å². The molecule has 0 heterocycles. The van der Waals surface area contributed by atoms with Gasteiger partial charge in [0.15, 0.2) is 0 Å². The highest BCUT2D eigenvalue weighted by atomic mass is 32.1. The normalized spacial score (nSPS) is 18.2. The number of thiol groups is 2. The lowest BCUT2D eigenvalue weighted by Crippen LogP contribution is -2.12. The van der Waals surface area contributed by atoms with Crippen molar-refractivity contribution < 1.29 is 0 Å². The van der Waals surface area contributed by atoms with Crippen LogP contribution in [0.15, 0.2) is 0 Å². The maximum Gasteiger partial charge on any atom is -0.00720 e. The van der Waals surface area contributed by atoms with Crippen LogP contribution in [0.4, 0.5) is 0 Å². The summed E-state index contributed by atoms with van der Waals surface area (Å²) >= 11 is 8.56. The Hall–Kier alpha value is 0.700. The Morgan fingerprint density at radius 1 is 1.00 bits per heavy atom. The summed E-state index contributed by atoms with van der Waals surface area (Å²) in [5.74, 6) is 4.48. The lowest BCUT2D eigenvalue weighted by molar-refractivity contribution is 0.309. The van der Waals surface area contributed by atoms with Crippen LogP contribution < -0.4 is 0 Å². The van der Waals surface area contributed by atoms with Crippen LogP contribution in [0.2, 0.25) is 0 Å². The van der Waals surface area contributed by atoms with E-state index >= 15 is 0 Å². The summed E-state index contributed by atoms with van der Waals surface area (Å²) in [6.45, 7) is 7.01. The molecule has 0 aliphatic rings. The van der Waals surface area contributed by atoms with E-state index in [0.29, 0.717) is 0 Å². The second-order valence-corrected chi connectivity index (χ2v) is 5.16. The van der Waals surface area contributed by atoms with Crippen molar-refractivity contribution in [1.82, 2.24) is 0 Å². The molecule has 0 spiro atoms. The van der Waals surface area contributed by atoms with Crippen molar-refractivity contribution in [3.8, 4) is 0 Å². The standard InChI is InChI=1S/C11H24S2/c1-9(8-13)7-11(3)10(2)5-4-6-12/h9-13H,4-8H2,1-3H3. The van der Waals surface area contributed by atoms with Gasteiger partial charge in [0.1, 0.15) is 0 Å². The third kappa shape index (κ3) is 6.73. The number of rotatable bonds is 7. The Bertz CT molecular complexity index is 115. The molecule has 0 aromatic carbocycles. The van der Waals surface area contributed by atoms with Gasteiger partial charge in [-0.3, -0.25) is 0 Å². The molecule has 0 aliphatic carbocycles. The first-order valence-corrected chi connectivity index (χ1v) is 6.60. The molecule has 0 saturated heterocycles. The molecule has 0 amide bonds. The molecule has 0 aromatic rings. The molecule has 0 saturated carbocycles. The minimum absolute atomic E-state index is 0.761. The Morgan fingerprint density at radius 2 is 1.62 bits per heavy atom. The molecule has 0 nitrogen and oxygen atoms in total. The van der Waals surface area contributed by atoms with Crippen LogP contribution >= 0.6 is 25.3 Å². The zero-order chi connectivity index (χ0) is 10.3. The SMILES string of the molecule is CC(CS)CC(C)C(C)CCCS. The van der Waals surface area contributed by atoms with E-state index in [2.05, 4.69) is 46.0 Å². The quantitative estimate of drug-likeness (QED) is 0.597. The van der Waals surface area contributed by atoms with Gasteiger partial charge in [-0.15, -0.1) is 0 Å². The van der Waals surface area contributed by atoms with Crippen molar-refractivity contribution >= 4 is 25.3 Å². The molecule has 3 atom stereocenters. The summed E-state index contributed by atoms with van der Waals surface area (Å²) in [6, 6.07) is 0. The Morgan fingerprint density at radius 3 is 2.08 bits per heavy atom. The first-order valence-electron chi connectivity index (χ1n) is 5.33. The maximum atomic E-state index is 4.32. The Balaban J connectivity index is 3.61. The minimum atomic E-state index is 0.761. The van der Waals surface area contributed by atoms with E-state index in [4.69, 9.17) is 0 Å². The largest absolute Gasteiger partial charge is 0.179 e. The molecule has 0 bridgehead atoms. The minimum Gasteiger partial charge on any atom is -0.179 e. The maximum absolute atomic E-state index is 4.32. The monoisotopic (exact) mass is 220 g/mol. The van der Waals surface area contributed by atoms with Crippen LogP contribution in [-0.2, 0) is 0 Å². The van der Waals surface area contributed by atoms with Crippen LogP contribution in [0.1, 0.15) is 40.0 Å². The van der Waals surface area contributed by atoms with Crippen LogP contribution in [0, 0.1) is 17.8 Å². The van der Waals surface area contributed by atoms with Gasteiger partial charge in [-0.1, -0.05) is 20.8 Å². The van der Waals surface area contributed by atoms with Crippen LogP contribution in [0.5, 0.6) is 0 Å². The average molecular weight is 220 g/mol. The molecular weight excluding hydrogens is 196 g/mol. The lowest BCUT2D eigenvalue weighted by atomic mass is 9.85. The summed E-state index contributed by atoms with van der Waals surface area (Å²) in [5.41, 5.74) is 0. The summed E-state index contributed by atoms with van der Waals surface area (Å²) in [4.78, 5) is 0. The Labute approximate surface area is 94.7 Å². The highest BCUT2D eigenvalue weighted by Gasteiger charge is 2.14. The van der Waals surface area contributed by atoms with Crippen molar-refractivity contribution in [2.75, 3.05) is 11.5 Å². The number of hydrogen-bond acceptors (Lipinski definition) is 2. The summed E-state index contributed by atoms with van der Waals surface area (Å²) in [7, 11) is 0. The predicted octanol–water partition coefficient (Wildman–Crippen LogP) is 3.92. The van der Waals surface area contributed by atoms with Gasteiger partial charge in [0.2, 0.25) is 0 Å². The summed E-state index contributed by atoms with van der Waals surface area (Å²) in [6.07, 6.45) is 3.89. The smallest absolute Gasteiger partial charge is 0.00720 e. The van der Waals surface area contributed by atoms with Crippen LogP contribution in [0.3, 0.4) is 0 Å². The van der Waals surface area contributed by atoms with Crippen molar-refractivity contribution in [2.24, 2.45) is 17.8 Å². The molecule has 0 radical (unpaired) electrons. The molecule has 80 valence electrons. The van der Waals surface area contributed by atoms with Gasteiger partial charge < -0.3 is 0 Å². The van der Waals surface area contributed by atoms with E-state index < -0.39 is 0 Å². The zero-order valence-corrected chi connectivity index (χ0v) is 11.0.